The first-order chi connectivity index (χ1) is 9.72. The molecule has 0 atom stereocenters. The lowest BCUT2D eigenvalue weighted by Crippen LogP contribution is -1.88. The van der Waals surface area contributed by atoms with E-state index in [2.05, 4.69) is 21.5 Å². The number of H-pyrrole nitrogens is 1. The van der Waals surface area contributed by atoms with Crippen LogP contribution in [0.2, 0.25) is 0 Å². The Hall–Kier alpha value is -2.82. The molecule has 0 bridgehead atoms. The first-order valence-corrected chi connectivity index (χ1v) is 6.00. The van der Waals surface area contributed by atoms with Gasteiger partial charge >= 0.3 is 0 Å². The summed E-state index contributed by atoms with van der Waals surface area (Å²) in [5.41, 5.74) is 3.45. The van der Waals surface area contributed by atoms with Crippen LogP contribution in [0.15, 0.2) is 37.0 Å². The van der Waals surface area contributed by atoms with Crippen molar-refractivity contribution in [3.05, 3.63) is 54.2 Å². The van der Waals surface area contributed by atoms with Crippen LogP contribution in [-0.2, 0) is 0 Å². The second kappa shape index (κ2) is 4.70. The topological polar surface area (TPSA) is 65.4 Å². The fraction of sp³-hybridized carbons (Fsp3) is 0. The molecule has 3 aromatic rings. The summed E-state index contributed by atoms with van der Waals surface area (Å²) in [6, 6.07) is 6.69. The average molecular weight is 266 g/mol. The predicted molar refractivity (Wildman–Crippen MR) is 77.3 cm³/mol. The summed E-state index contributed by atoms with van der Waals surface area (Å²) in [5, 5.41) is 8.29. The number of fused-ring (bicyclic) bond motifs is 1. The Morgan fingerprint density at radius 1 is 1.30 bits per heavy atom. The van der Waals surface area contributed by atoms with Gasteiger partial charge in [-0.3, -0.25) is 0 Å². The zero-order valence-corrected chi connectivity index (χ0v) is 10.5. The Morgan fingerprint density at radius 2 is 2.15 bits per heavy atom. The molecule has 0 fully saturated rings. The molecular formula is C15H11FN4. The Morgan fingerprint density at radius 3 is 2.85 bits per heavy atom. The molecule has 98 valence electrons. The molecule has 3 rings (SSSR count). The number of nitrogens with one attached hydrogen (secondary N) is 2. The molecule has 4 nitrogen and oxygen atoms in total. The van der Waals surface area contributed by atoms with Crippen molar-refractivity contribution < 1.29 is 4.39 Å². The maximum atomic E-state index is 13.2. The van der Waals surface area contributed by atoms with Crippen molar-refractivity contribution in [3.63, 3.8) is 0 Å². The molecule has 20 heavy (non-hydrogen) atoms. The normalized spacial score (nSPS) is 10.7. The molecule has 0 aromatic carbocycles. The molecule has 0 spiro atoms. The van der Waals surface area contributed by atoms with Crippen LogP contribution in [0.5, 0.6) is 0 Å². The predicted octanol–water partition coefficient (Wildman–Crippen LogP) is 3.40. The summed E-state index contributed by atoms with van der Waals surface area (Å²) >= 11 is 0. The average Bonchev–Trinajstić information content (AvgIpc) is 2.83. The minimum Gasteiger partial charge on any atom is -0.339 e. The van der Waals surface area contributed by atoms with E-state index >= 15 is 0 Å². The van der Waals surface area contributed by atoms with Crippen molar-refractivity contribution >= 4 is 23.3 Å². The molecule has 0 aliphatic rings. The molecule has 0 aliphatic heterocycles. The lowest BCUT2D eigenvalue weighted by molar-refractivity contribution is 0.584. The largest absolute Gasteiger partial charge is 0.339 e. The minimum atomic E-state index is -0.539. The number of aromatic nitrogens is 3. The van der Waals surface area contributed by atoms with E-state index in [1.165, 1.54) is 18.5 Å². The van der Waals surface area contributed by atoms with Crippen LogP contribution in [0.1, 0.15) is 11.3 Å². The van der Waals surface area contributed by atoms with E-state index in [0.717, 1.165) is 16.6 Å². The van der Waals surface area contributed by atoms with E-state index in [9.17, 15) is 4.39 Å². The molecule has 0 unspecified atom stereocenters. The van der Waals surface area contributed by atoms with E-state index in [-0.39, 0.29) is 0 Å². The number of rotatable bonds is 3. The lowest BCUT2D eigenvalue weighted by Gasteiger charge is -2.00. The molecule has 0 aliphatic carbocycles. The number of nitrogens with zero attached hydrogens (tertiary/aromatic N) is 2. The van der Waals surface area contributed by atoms with Crippen molar-refractivity contribution in [2.75, 3.05) is 0 Å². The molecule has 0 saturated carbocycles. The zero-order chi connectivity index (χ0) is 14.1. The second-order valence-corrected chi connectivity index (χ2v) is 4.26. The molecular weight excluding hydrogens is 255 g/mol. The Kier molecular flexibility index (Phi) is 2.87. The minimum absolute atomic E-state index is 0.539. The first-order valence-electron chi connectivity index (χ1n) is 6.00. The van der Waals surface area contributed by atoms with Crippen molar-refractivity contribution in [3.8, 4) is 11.3 Å². The quantitative estimate of drug-likeness (QED) is 0.563. The fourth-order valence-corrected chi connectivity index (χ4v) is 2.15. The van der Waals surface area contributed by atoms with Crippen LogP contribution >= 0.6 is 0 Å². The first kappa shape index (κ1) is 12.2. The highest BCUT2D eigenvalue weighted by Gasteiger charge is 2.10. The standard InChI is InChI=1S/C15H11FN4/c1-2-12-11(8-17)10-3-4-13(20-15(10)19-12)9-5-6-18-14(16)7-9/h2-8,17H,1H2,(H,19,20). The van der Waals surface area contributed by atoms with Gasteiger partial charge in [0.15, 0.2) is 0 Å². The van der Waals surface area contributed by atoms with Gasteiger partial charge in [-0.05, 0) is 24.3 Å². The van der Waals surface area contributed by atoms with Crippen molar-refractivity contribution in [2.24, 2.45) is 0 Å². The SMILES string of the molecule is C=Cc1[nH]c2nc(-c3ccnc(F)c3)ccc2c1C=N. The van der Waals surface area contributed by atoms with Gasteiger partial charge in [0.25, 0.3) is 0 Å². The highest BCUT2D eigenvalue weighted by Crippen LogP contribution is 2.24. The van der Waals surface area contributed by atoms with E-state index in [1.54, 1.807) is 18.2 Å². The lowest BCUT2D eigenvalue weighted by atomic mass is 10.1. The monoisotopic (exact) mass is 266 g/mol. The van der Waals surface area contributed by atoms with Gasteiger partial charge in [0.1, 0.15) is 5.65 Å². The van der Waals surface area contributed by atoms with Crippen LogP contribution < -0.4 is 0 Å². The van der Waals surface area contributed by atoms with Crippen molar-refractivity contribution in [2.45, 2.75) is 0 Å². The van der Waals surface area contributed by atoms with Crippen molar-refractivity contribution in [1.82, 2.24) is 15.0 Å². The maximum absolute atomic E-state index is 13.2. The molecule has 3 heterocycles. The number of halogens is 1. The van der Waals surface area contributed by atoms with Gasteiger partial charge in [0.2, 0.25) is 5.95 Å². The van der Waals surface area contributed by atoms with Gasteiger partial charge in [0.05, 0.1) is 5.69 Å². The summed E-state index contributed by atoms with van der Waals surface area (Å²) in [6.07, 6.45) is 4.32. The molecule has 0 saturated heterocycles. The number of hydrogen-bond acceptors (Lipinski definition) is 3. The van der Waals surface area contributed by atoms with Crippen LogP contribution in [0, 0.1) is 11.4 Å². The third-order valence-electron chi connectivity index (χ3n) is 3.10. The highest BCUT2D eigenvalue weighted by atomic mass is 19.1. The molecule has 0 amide bonds. The van der Waals surface area contributed by atoms with Crippen molar-refractivity contribution in [1.29, 1.82) is 5.41 Å². The summed E-state index contributed by atoms with van der Waals surface area (Å²) in [4.78, 5) is 11.1. The van der Waals surface area contributed by atoms with Crippen LogP contribution in [-0.4, -0.2) is 21.2 Å². The van der Waals surface area contributed by atoms with Gasteiger partial charge < -0.3 is 10.4 Å². The van der Waals surface area contributed by atoms with Gasteiger partial charge in [-0.2, -0.15) is 4.39 Å². The second-order valence-electron chi connectivity index (χ2n) is 4.26. The molecule has 2 N–H and O–H groups in total. The Bertz CT molecular complexity index is 820. The summed E-state index contributed by atoms with van der Waals surface area (Å²) < 4.78 is 13.2. The smallest absolute Gasteiger partial charge is 0.213 e. The zero-order valence-electron chi connectivity index (χ0n) is 10.5. The Balaban J connectivity index is 2.21. The van der Waals surface area contributed by atoms with Crippen LogP contribution in [0.4, 0.5) is 4.39 Å². The van der Waals surface area contributed by atoms with E-state index in [4.69, 9.17) is 5.41 Å². The van der Waals surface area contributed by atoms with Gasteiger partial charge in [-0.1, -0.05) is 6.58 Å². The number of aromatic amines is 1. The van der Waals surface area contributed by atoms with Gasteiger partial charge in [-0.25, -0.2) is 9.97 Å². The van der Waals surface area contributed by atoms with Crippen LogP contribution in [0.25, 0.3) is 28.4 Å². The molecule has 0 radical (unpaired) electrons. The molecule has 5 heteroatoms. The molecule has 3 aromatic heterocycles. The third kappa shape index (κ3) is 1.89. The number of hydrogen-bond donors (Lipinski definition) is 2. The summed E-state index contributed by atoms with van der Waals surface area (Å²) in [6.45, 7) is 3.71. The fourth-order valence-electron chi connectivity index (χ4n) is 2.15. The van der Waals surface area contributed by atoms with E-state index in [0.29, 0.717) is 16.9 Å². The van der Waals surface area contributed by atoms with Gasteiger partial charge in [0, 0.05) is 40.7 Å². The highest BCUT2D eigenvalue weighted by molar-refractivity contribution is 6.01. The van der Waals surface area contributed by atoms with Crippen LogP contribution in [0.3, 0.4) is 0 Å². The Labute approximate surface area is 114 Å². The summed E-state index contributed by atoms with van der Waals surface area (Å²) in [5.74, 6) is -0.539. The third-order valence-corrected chi connectivity index (χ3v) is 3.10. The number of pyridine rings is 2. The summed E-state index contributed by atoms with van der Waals surface area (Å²) in [7, 11) is 0. The van der Waals surface area contributed by atoms with E-state index < -0.39 is 5.95 Å². The van der Waals surface area contributed by atoms with E-state index in [1.807, 2.05) is 6.07 Å². The van der Waals surface area contributed by atoms with Gasteiger partial charge in [-0.15, -0.1) is 0 Å². The maximum Gasteiger partial charge on any atom is 0.213 e.